The Kier molecular flexibility index (Phi) is 8.10. The van der Waals surface area contributed by atoms with Gasteiger partial charge in [0.1, 0.15) is 0 Å². The zero-order valence-corrected chi connectivity index (χ0v) is 17.9. The Bertz CT molecular complexity index is 766. The van der Waals surface area contributed by atoms with E-state index < -0.39 is 0 Å². The number of halogens is 1. The molecule has 0 radical (unpaired) electrons. The van der Waals surface area contributed by atoms with E-state index in [4.69, 9.17) is 28.6 Å². The van der Waals surface area contributed by atoms with E-state index in [0.29, 0.717) is 0 Å². The summed E-state index contributed by atoms with van der Waals surface area (Å²) in [6.45, 7) is 8.52. The van der Waals surface area contributed by atoms with Crippen molar-refractivity contribution in [2.45, 2.75) is 19.9 Å². The van der Waals surface area contributed by atoms with Gasteiger partial charge in [0.15, 0.2) is 5.11 Å². The number of thiocarbonyl (C=S) groups is 1. The third kappa shape index (κ3) is 6.45. The minimum atomic E-state index is 0.737. The van der Waals surface area contributed by atoms with Gasteiger partial charge in [-0.1, -0.05) is 41.9 Å². The van der Waals surface area contributed by atoms with Crippen molar-refractivity contribution in [3.8, 4) is 0 Å². The number of nitrogens with one attached hydrogen (secondary N) is 1. The Balaban J connectivity index is 1.62. The minimum Gasteiger partial charge on any atom is -0.379 e. The molecule has 2 aromatic rings. The number of rotatable bonds is 7. The van der Waals surface area contributed by atoms with Crippen LogP contribution in [-0.4, -0.2) is 54.3 Å². The van der Waals surface area contributed by atoms with Gasteiger partial charge in [0.2, 0.25) is 0 Å². The number of aryl methyl sites for hydroxylation is 1. The second-order valence-electron chi connectivity index (χ2n) is 7.10. The van der Waals surface area contributed by atoms with Crippen LogP contribution in [0.4, 0.5) is 5.69 Å². The van der Waals surface area contributed by atoms with Gasteiger partial charge in [-0.3, -0.25) is 4.90 Å². The maximum absolute atomic E-state index is 6.08. The third-order valence-electron chi connectivity index (χ3n) is 4.94. The molecule has 0 atom stereocenters. The van der Waals surface area contributed by atoms with E-state index >= 15 is 0 Å². The first kappa shape index (κ1) is 21.1. The van der Waals surface area contributed by atoms with Crippen molar-refractivity contribution in [3.05, 3.63) is 64.7 Å². The van der Waals surface area contributed by atoms with Crippen LogP contribution in [0.3, 0.4) is 0 Å². The lowest BCUT2D eigenvalue weighted by Gasteiger charge is -2.30. The Labute approximate surface area is 178 Å². The van der Waals surface area contributed by atoms with E-state index in [9.17, 15) is 0 Å². The lowest BCUT2D eigenvalue weighted by Crippen LogP contribution is -2.40. The van der Waals surface area contributed by atoms with Crippen molar-refractivity contribution in [3.63, 3.8) is 0 Å². The number of ether oxygens (including phenoxy) is 1. The van der Waals surface area contributed by atoms with E-state index in [1.54, 1.807) is 0 Å². The lowest BCUT2D eigenvalue weighted by atomic mass is 10.2. The molecule has 1 aliphatic rings. The Hall–Kier alpha value is -1.66. The lowest BCUT2D eigenvalue weighted by molar-refractivity contribution is 0.0368. The largest absolute Gasteiger partial charge is 0.379 e. The molecule has 0 aromatic heterocycles. The van der Waals surface area contributed by atoms with Crippen LogP contribution in [0.25, 0.3) is 0 Å². The van der Waals surface area contributed by atoms with Crippen LogP contribution in [0, 0.1) is 6.92 Å². The van der Waals surface area contributed by atoms with E-state index in [-0.39, 0.29) is 0 Å². The number of morpholine rings is 1. The summed E-state index contributed by atoms with van der Waals surface area (Å²) in [5.74, 6) is 0. The summed E-state index contributed by atoms with van der Waals surface area (Å²) in [7, 11) is 0. The first-order chi connectivity index (χ1) is 13.6. The predicted molar refractivity (Wildman–Crippen MR) is 121 cm³/mol. The van der Waals surface area contributed by atoms with Crippen LogP contribution < -0.4 is 5.32 Å². The molecule has 28 heavy (non-hydrogen) atoms. The van der Waals surface area contributed by atoms with E-state index in [2.05, 4.69) is 39.4 Å². The number of hydrogen-bond donors (Lipinski definition) is 1. The minimum absolute atomic E-state index is 0.737. The van der Waals surface area contributed by atoms with Gasteiger partial charge in [-0.25, -0.2) is 0 Å². The van der Waals surface area contributed by atoms with Gasteiger partial charge < -0.3 is 15.0 Å². The molecule has 1 heterocycles. The van der Waals surface area contributed by atoms with Crippen molar-refractivity contribution in [2.75, 3.05) is 44.7 Å². The summed E-state index contributed by atoms with van der Waals surface area (Å²) in [6.07, 6.45) is 1.06. The van der Waals surface area contributed by atoms with E-state index in [1.807, 2.05) is 31.2 Å². The maximum atomic E-state index is 6.08. The predicted octanol–water partition coefficient (Wildman–Crippen LogP) is 4.57. The molecule has 1 N–H and O–H groups in total. The van der Waals surface area contributed by atoms with Crippen LogP contribution in [0.5, 0.6) is 0 Å². The number of hydrogen-bond acceptors (Lipinski definition) is 3. The van der Waals surface area contributed by atoms with E-state index in [1.165, 1.54) is 5.56 Å². The molecule has 150 valence electrons. The van der Waals surface area contributed by atoms with Gasteiger partial charge in [-0.15, -0.1) is 0 Å². The van der Waals surface area contributed by atoms with Crippen LogP contribution in [-0.2, 0) is 11.3 Å². The molecule has 6 heteroatoms. The monoisotopic (exact) mass is 417 g/mol. The fourth-order valence-corrected chi connectivity index (χ4v) is 3.82. The molecule has 1 saturated heterocycles. The van der Waals surface area contributed by atoms with Gasteiger partial charge in [0.05, 0.1) is 13.2 Å². The average molecular weight is 418 g/mol. The molecule has 2 aromatic carbocycles. The molecule has 0 unspecified atom stereocenters. The highest BCUT2D eigenvalue weighted by atomic mass is 35.5. The summed E-state index contributed by atoms with van der Waals surface area (Å²) in [5, 5.41) is 4.89. The van der Waals surface area contributed by atoms with E-state index in [0.717, 1.165) is 73.7 Å². The van der Waals surface area contributed by atoms with Gasteiger partial charge in [0.25, 0.3) is 0 Å². The van der Waals surface area contributed by atoms with Gasteiger partial charge >= 0.3 is 0 Å². The molecule has 0 aliphatic carbocycles. The molecular formula is C22H28ClN3OS. The molecule has 0 spiro atoms. The molecular weight excluding hydrogens is 390 g/mol. The Morgan fingerprint density at radius 1 is 1.18 bits per heavy atom. The highest BCUT2D eigenvalue weighted by molar-refractivity contribution is 7.80. The number of anilines is 1. The van der Waals surface area contributed by atoms with Crippen molar-refractivity contribution in [2.24, 2.45) is 0 Å². The molecule has 1 aliphatic heterocycles. The van der Waals surface area contributed by atoms with Crippen LogP contribution in [0.2, 0.25) is 5.02 Å². The summed E-state index contributed by atoms with van der Waals surface area (Å²) in [4.78, 5) is 4.71. The summed E-state index contributed by atoms with van der Waals surface area (Å²) in [5.41, 5.74) is 3.34. The maximum Gasteiger partial charge on any atom is 0.173 e. The van der Waals surface area contributed by atoms with Crippen LogP contribution in [0.1, 0.15) is 17.5 Å². The standard InChI is InChI=1S/C22H28ClN3OS/c1-18-16-20(23)8-9-21(18)24-22(28)26(17-19-6-3-2-4-7-19)11-5-10-25-12-14-27-15-13-25/h2-4,6-9,16H,5,10-15,17H2,1H3,(H,24,28). The topological polar surface area (TPSA) is 27.7 Å². The summed E-state index contributed by atoms with van der Waals surface area (Å²) >= 11 is 11.8. The van der Waals surface area contributed by atoms with Crippen molar-refractivity contribution >= 4 is 34.6 Å². The SMILES string of the molecule is Cc1cc(Cl)ccc1NC(=S)N(CCCN1CCOCC1)Cc1ccccc1. The van der Waals surface area contributed by atoms with Gasteiger partial charge in [-0.2, -0.15) is 0 Å². The molecule has 3 rings (SSSR count). The molecule has 0 bridgehead atoms. The smallest absolute Gasteiger partial charge is 0.173 e. The molecule has 1 fully saturated rings. The first-order valence-corrected chi connectivity index (χ1v) is 10.6. The zero-order valence-electron chi connectivity index (χ0n) is 16.4. The molecule has 0 amide bonds. The first-order valence-electron chi connectivity index (χ1n) is 9.78. The quantitative estimate of drug-likeness (QED) is 0.666. The Morgan fingerprint density at radius 3 is 2.64 bits per heavy atom. The third-order valence-corrected chi connectivity index (χ3v) is 5.53. The van der Waals surface area contributed by atoms with Gasteiger partial charge in [0, 0.05) is 43.4 Å². The summed E-state index contributed by atoms with van der Waals surface area (Å²) < 4.78 is 5.44. The van der Waals surface area contributed by atoms with Gasteiger partial charge in [-0.05, 0) is 54.9 Å². The van der Waals surface area contributed by atoms with Crippen molar-refractivity contribution in [1.29, 1.82) is 0 Å². The Morgan fingerprint density at radius 2 is 1.93 bits per heavy atom. The highest BCUT2D eigenvalue weighted by Crippen LogP contribution is 2.20. The highest BCUT2D eigenvalue weighted by Gasteiger charge is 2.14. The van der Waals surface area contributed by atoms with Crippen molar-refractivity contribution < 1.29 is 4.74 Å². The van der Waals surface area contributed by atoms with Crippen molar-refractivity contribution in [1.82, 2.24) is 9.80 Å². The molecule has 0 saturated carbocycles. The normalized spacial score (nSPS) is 14.6. The fourth-order valence-electron chi connectivity index (χ4n) is 3.33. The second kappa shape index (κ2) is 10.8. The zero-order chi connectivity index (χ0) is 19.8. The average Bonchev–Trinajstić information content (AvgIpc) is 2.71. The van der Waals surface area contributed by atoms with Crippen LogP contribution >= 0.6 is 23.8 Å². The number of nitrogens with zero attached hydrogens (tertiary/aromatic N) is 2. The molecule has 4 nitrogen and oxygen atoms in total. The number of benzene rings is 2. The summed E-state index contributed by atoms with van der Waals surface area (Å²) in [6, 6.07) is 16.3. The fraction of sp³-hybridized carbons (Fsp3) is 0.409. The second-order valence-corrected chi connectivity index (χ2v) is 7.93. The van der Waals surface area contributed by atoms with Crippen LogP contribution in [0.15, 0.2) is 48.5 Å².